The van der Waals surface area contributed by atoms with Crippen LogP contribution >= 0.6 is 27.7 Å². The molecule has 2 nitrogen and oxygen atoms in total. The lowest BCUT2D eigenvalue weighted by atomic mass is 10.0. The van der Waals surface area contributed by atoms with Crippen molar-refractivity contribution >= 4 is 33.6 Å². The molecule has 0 unspecified atom stereocenters. The highest BCUT2D eigenvalue weighted by molar-refractivity contribution is 9.09. The first-order chi connectivity index (χ1) is 7.77. The third-order valence-electron chi connectivity index (χ3n) is 4.41. The van der Waals surface area contributed by atoms with Gasteiger partial charge in [0, 0.05) is 23.7 Å². The van der Waals surface area contributed by atoms with E-state index in [-0.39, 0.29) is 5.41 Å². The normalized spacial score (nSPS) is 42.7. The van der Waals surface area contributed by atoms with Crippen molar-refractivity contribution < 1.29 is 4.79 Å². The number of hydrogen-bond acceptors (Lipinski definition) is 2. The highest BCUT2D eigenvalue weighted by Crippen LogP contribution is 2.67. The minimum atomic E-state index is 0.0228. The van der Waals surface area contributed by atoms with E-state index in [1.807, 2.05) is 11.8 Å². The van der Waals surface area contributed by atoms with E-state index >= 15 is 0 Å². The third kappa shape index (κ3) is 1.56. The van der Waals surface area contributed by atoms with Crippen molar-refractivity contribution in [3.63, 3.8) is 0 Å². The van der Waals surface area contributed by atoms with E-state index < -0.39 is 0 Å². The van der Waals surface area contributed by atoms with E-state index in [1.54, 1.807) is 0 Å². The summed E-state index contributed by atoms with van der Waals surface area (Å²) in [5.74, 6) is 3.45. The summed E-state index contributed by atoms with van der Waals surface area (Å²) in [5, 5.41) is 0. The van der Waals surface area contributed by atoms with Crippen molar-refractivity contribution in [3.8, 4) is 0 Å². The quantitative estimate of drug-likeness (QED) is 0.694. The molecule has 3 aliphatic rings. The number of nitrogens with zero attached hydrogens (tertiary/aromatic N) is 1. The lowest BCUT2D eigenvalue weighted by Crippen LogP contribution is -2.39. The molecule has 1 amide bonds. The number of fused-ring (bicyclic) bond motifs is 1. The Morgan fingerprint density at radius 2 is 2.19 bits per heavy atom. The van der Waals surface area contributed by atoms with Gasteiger partial charge in [0.2, 0.25) is 5.91 Å². The summed E-state index contributed by atoms with van der Waals surface area (Å²) in [6.07, 6.45) is 4.80. The monoisotopic (exact) mass is 303 g/mol. The smallest absolute Gasteiger partial charge is 0.230 e. The maximum atomic E-state index is 12.6. The molecule has 0 bridgehead atoms. The molecule has 1 aliphatic heterocycles. The summed E-state index contributed by atoms with van der Waals surface area (Å²) in [7, 11) is 0. The van der Waals surface area contributed by atoms with Gasteiger partial charge in [-0.15, -0.1) is 0 Å². The van der Waals surface area contributed by atoms with Crippen LogP contribution in [0.1, 0.15) is 25.7 Å². The lowest BCUT2D eigenvalue weighted by Gasteiger charge is -2.25. The third-order valence-corrected chi connectivity index (χ3v) is 6.91. The van der Waals surface area contributed by atoms with E-state index in [4.69, 9.17) is 0 Å². The first kappa shape index (κ1) is 11.4. The van der Waals surface area contributed by atoms with Gasteiger partial charge in [-0.1, -0.05) is 22.4 Å². The Balaban J connectivity index is 1.72. The zero-order valence-corrected chi connectivity index (χ0v) is 11.9. The molecule has 0 aromatic rings. The first-order valence-electron chi connectivity index (χ1n) is 6.28. The van der Waals surface area contributed by atoms with Gasteiger partial charge >= 0.3 is 0 Å². The molecule has 0 N–H and O–H groups in total. The van der Waals surface area contributed by atoms with Gasteiger partial charge in [0.05, 0.1) is 5.41 Å². The summed E-state index contributed by atoms with van der Waals surface area (Å²) < 4.78 is 0. The predicted octanol–water partition coefficient (Wildman–Crippen LogP) is 2.52. The molecule has 0 radical (unpaired) electrons. The van der Waals surface area contributed by atoms with Gasteiger partial charge in [0.1, 0.15) is 0 Å². The fourth-order valence-corrected chi connectivity index (χ4v) is 5.67. The molecule has 0 aromatic heterocycles. The topological polar surface area (TPSA) is 20.3 Å². The number of alkyl halides is 1. The summed E-state index contributed by atoms with van der Waals surface area (Å²) in [4.78, 5) is 15.2. The zero-order valence-electron chi connectivity index (χ0n) is 9.45. The minimum absolute atomic E-state index is 0.0228. The van der Waals surface area contributed by atoms with E-state index in [0.717, 1.165) is 25.3 Å². The molecule has 90 valence electrons. The Kier molecular flexibility index (Phi) is 2.99. The number of hydrogen-bond donors (Lipinski definition) is 0. The number of thioether (sulfide) groups is 1. The van der Waals surface area contributed by atoms with Crippen LogP contribution in [-0.2, 0) is 4.79 Å². The second-order valence-electron chi connectivity index (χ2n) is 5.20. The number of amides is 1. The van der Waals surface area contributed by atoms with Crippen molar-refractivity contribution in [3.05, 3.63) is 0 Å². The molecule has 4 heteroatoms. The molecule has 2 saturated carbocycles. The lowest BCUT2D eigenvalue weighted by molar-refractivity contribution is -0.136. The molecule has 2 aliphatic carbocycles. The number of halogens is 1. The maximum Gasteiger partial charge on any atom is 0.230 e. The van der Waals surface area contributed by atoms with Gasteiger partial charge in [0.25, 0.3) is 0 Å². The van der Waals surface area contributed by atoms with Crippen LogP contribution in [0.3, 0.4) is 0 Å². The number of carbonyl (C=O) groups is 1. The van der Waals surface area contributed by atoms with Crippen molar-refractivity contribution in [1.82, 2.24) is 4.90 Å². The minimum Gasteiger partial charge on any atom is -0.341 e. The SMILES string of the molecule is O=C(N1CCCSCC1)[C@]12CCC[C@H]1[C@@H]2Br. The predicted molar refractivity (Wildman–Crippen MR) is 71.0 cm³/mol. The van der Waals surface area contributed by atoms with E-state index in [2.05, 4.69) is 20.8 Å². The summed E-state index contributed by atoms with van der Waals surface area (Å²) in [5.41, 5.74) is 0.0228. The average molecular weight is 304 g/mol. The van der Waals surface area contributed by atoms with Crippen LogP contribution in [-0.4, -0.2) is 40.2 Å². The second kappa shape index (κ2) is 4.20. The van der Waals surface area contributed by atoms with Gasteiger partial charge in [-0.25, -0.2) is 0 Å². The molecule has 3 fully saturated rings. The van der Waals surface area contributed by atoms with Crippen LogP contribution in [0, 0.1) is 11.3 Å². The van der Waals surface area contributed by atoms with Gasteiger partial charge < -0.3 is 4.90 Å². The Morgan fingerprint density at radius 3 is 2.94 bits per heavy atom. The van der Waals surface area contributed by atoms with Crippen LogP contribution in [0.5, 0.6) is 0 Å². The standard InChI is InChI=1S/C12H18BrNOS/c13-10-9-3-1-4-12(9,10)11(15)14-5-2-7-16-8-6-14/h9-10H,1-8H2/t9-,10-,12+/m0/s1. The molecule has 3 rings (SSSR count). The molecular formula is C12H18BrNOS. The number of rotatable bonds is 1. The summed E-state index contributed by atoms with van der Waals surface area (Å²) in [6.45, 7) is 1.96. The van der Waals surface area contributed by atoms with Crippen LogP contribution in [0.4, 0.5) is 0 Å². The molecule has 1 saturated heterocycles. The molecule has 0 aromatic carbocycles. The first-order valence-corrected chi connectivity index (χ1v) is 8.35. The summed E-state index contributed by atoms with van der Waals surface area (Å²) >= 11 is 5.70. The Bertz CT molecular complexity index is 303. The maximum absolute atomic E-state index is 12.6. The fourth-order valence-electron chi connectivity index (χ4n) is 3.44. The van der Waals surface area contributed by atoms with Gasteiger partial charge in [-0.05, 0) is 30.9 Å². The molecule has 16 heavy (non-hydrogen) atoms. The van der Waals surface area contributed by atoms with Crippen molar-refractivity contribution in [2.45, 2.75) is 30.5 Å². The highest BCUT2D eigenvalue weighted by atomic mass is 79.9. The van der Waals surface area contributed by atoms with Crippen molar-refractivity contribution in [2.24, 2.45) is 11.3 Å². The Labute approximate surface area is 110 Å². The van der Waals surface area contributed by atoms with E-state index in [9.17, 15) is 4.79 Å². The van der Waals surface area contributed by atoms with Crippen LogP contribution in [0.25, 0.3) is 0 Å². The van der Waals surface area contributed by atoms with Crippen molar-refractivity contribution in [2.75, 3.05) is 24.6 Å². The average Bonchev–Trinajstić information content (AvgIpc) is 2.75. The van der Waals surface area contributed by atoms with Gasteiger partial charge in [-0.2, -0.15) is 11.8 Å². The number of carbonyl (C=O) groups excluding carboxylic acids is 1. The van der Waals surface area contributed by atoms with E-state index in [0.29, 0.717) is 16.7 Å². The second-order valence-corrected chi connectivity index (χ2v) is 7.41. The zero-order chi connectivity index (χ0) is 11.2. The van der Waals surface area contributed by atoms with Gasteiger partial charge in [0.15, 0.2) is 0 Å². The molecule has 3 atom stereocenters. The Hall–Kier alpha value is 0.300. The largest absolute Gasteiger partial charge is 0.341 e. The van der Waals surface area contributed by atoms with Gasteiger partial charge in [-0.3, -0.25) is 4.79 Å². The summed E-state index contributed by atoms with van der Waals surface area (Å²) in [6, 6.07) is 0. The fraction of sp³-hybridized carbons (Fsp3) is 0.917. The highest BCUT2D eigenvalue weighted by Gasteiger charge is 2.70. The van der Waals surface area contributed by atoms with Crippen LogP contribution in [0.15, 0.2) is 0 Å². The van der Waals surface area contributed by atoms with E-state index in [1.165, 1.54) is 25.0 Å². The Morgan fingerprint density at radius 1 is 1.31 bits per heavy atom. The van der Waals surface area contributed by atoms with Crippen molar-refractivity contribution in [1.29, 1.82) is 0 Å². The van der Waals surface area contributed by atoms with Crippen LogP contribution in [0.2, 0.25) is 0 Å². The molecular weight excluding hydrogens is 286 g/mol. The van der Waals surface area contributed by atoms with Crippen LogP contribution < -0.4 is 0 Å². The molecule has 1 heterocycles. The molecule has 0 spiro atoms.